The number of aromatic nitrogens is 1. The molecular weight excluding hydrogens is 246 g/mol. The number of hydrogen-bond acceptors (Lipinski definition) is 4. The van der Waals surface area contributed by atoms with Crippen molar-refractivity contribution in [3.05, 3.63) is 16.1 Å². The van der Waals surface area contributed by atoms with Crippen molar-refractivity contribution in [2.24, 2.45) is 0 Å². The van der Waals surface area contributed by atoms with Gasteiger partial charge in [-0.15, -0.1) is 11.3 Å². The summed E-state index contributed by atoms with van der Waals surface area (Å²) in [7, 11) is 1.48. The molecule has 3 rings (SSSR count). The van der Waals surface area contributed by atoms with Crippen LogP contribution in [-0.4, -0.2) is 18.1 Å². The molecule has 0 aliphatic heterocycles. The van der Waals surface area contributed by atoms with Gasteiger partial charge < -0.3 is 4.74 Å². The van der Waals surface area contributed by atoms with Gasteiger partial charge in [0.1, 0.15) is 10.4 Å². The van der Waals surface area contributed by atoms with E-state index < -0.39 is 5.41 Å². The van der Waals surface area contributed by atoms with Gasteiger partial charge in [-0.1, -0.05) is 19.3 Å². The van der Waals surface area contributed by atoms with Crippen LogP contribution in [0.2, 0.25) is 0 Å². The summed E-state index contributed by atoms with van der Waals surface area (Å²) in [5.41, 5.74) is 0.804. The summed E-state index contributed by atoms with van der Waals surface area (Å²) in [5.74, 6) is 0.533. The van der Waals surface area contributed by atoms with Crippen molar-refractivity contribution in [1.82, 2.24) is 4.98 Å². The van der Waals surface area contributed by atoms with Gasteiger partial charge in [-0.3, -0.25) is 4.79 Å². The minimum absolute atomic E-state index is 0.0962. The highest BCUT2D eigenvalue weighted by molar-refractivity contribution is 7.10. The average Bonchev–Trinajstić information content (AvgIpc) is 2.97. The smallest absolute Gasteiger partial charge is 0.318 e. The summed E-state index contributed by atoms with van der Waals surface area (Å²) in [5, 5.41) is 3.15. The SMILES string of the molecule is COC(=O)C1(c2nc(C3CCCC3)cs2)CCC1. The molecule has 1 aromatic heterocycles. The minimum atomic E-state index is -0.406. The van der Waals surface area contributed by atoms with Gasteiger partial charge in [0.25, 0.3) is 0 Å². The molecule has 2 aliphatic rings. The standard InChI is InChI=1S/C14H19NO2S/c1-17-13(16)14(7-4-8-14)12-15-11(9-18-12)10-5-2-3-6-10/h9-10H,2-8H2,1H3. The number of nitrogens with zero attached hydrogens (tertiary/aromatic N) is 1. The van der Waals surface area contributed by atoms with Crippen LogP contribution in [0.4, 0.5) is 0 Å². The number of hydrogen-bond donors (Lipinski definition) is 0. The molecule has 4 heteroatoms. The quantitative estimate of drug-likeness (QED) is 0.786. The number of rotatable bonds is 3. The second kappa shape index (κ2) is 4.65. The third kappa shape index (κ3) is 1.78. The maximum Gasteiger partial charge on any atom is 0.318 e. The number of ether oxygens (including phenoxy) is 1. The second-order valence-corrected chi connectivity index (χ2v) is 6.34. The maximum atomic E-state index is 12.0. The highest BCUT2D eigenvalue weighted by Crippen LogP contribution is 2.47. The van der Waals surface area contributed by atoms with E-state index in [1.165, 1.54) is 38.5 Å². The van der Waals surface area contributed by atoms with E-state index in [1.807, 2.05) is 0 Å². The topological polar surface area (TPSA) is 39.2 Å². The van der Waals surface area contributed by atoms with Crippen molar-refractivity contribution in [2.75, 3.05) is 7.11 Å². The fraction of sp³-hybridized carbons (Fsp3) is 0.714. The third-order valence-electron chi connectivity index (χ3n) is 4.49. The monoisotopic (exact) mass is 265 g/mol. The summed E-state index contributed by atoms with van der Waals surface area (Å²) < 4.78 is 4.97. The Balaban J connectivity index is 1.85. The predicted octanol–water partition coefficient (Wildman–Crippen LogP) is 3.40. The molecule has 2 aliphatic carbocycles. The molecule has 0 bridgehead atoms. The van der Waals surface area contributed by atoms with E-state index in [0.717, 1.165) is 24.3 Å². The van der Waals surface area contributed by atoms with Gasteiger partial charge in [0.2, 0.25) is 0 Å². The van der Waals surface area contributed by atoms with Gasteiger partial charge >= 0.3 is 5.97 Å². The van der Waals surface area contributed by atoms with E-state index in [1.54, 1.807) is 11.3 Å². The molecule has 1 aromatic rings. The van der Waals surface area contributed by atoms with Crippen LogP contribution in [0.25, 0.3) is 0 Å². The van der Waals surface area contributed by atoms with Gasteiger partial charge in [0.15, 0.2) is 0 Å². The zero-order valence-corrected chi connectivity index (χ0v) is 11.6. The van der Waals surface area contributed by atoms with E-state index in [0.29, 0.717) is 5.92 Å². The summed E-state index contributed by atoms with van der Waals surface area (Å²) in [6.45, 7) is 0. The Labute approximate surface area is 112 Å². The molecule has 98 valence electrons. The Kier molecular flexibility index (Phi) is 3.14. The third-order valence-corrected chi connectivity index (χ3v) is 5.55. The Morgan fingerprint density at radius 3 is 2.67 bits per heavy atom. The highest BCUT2D eigenvalue weighted by Gasteiger charge is 2.49. The number of thiazole rings is 1. The first-order valence-electron chi connectivity index (χ1n) is 6.80. The number of carbonyl (C=O) groups is 1. The summed E-state index contributed by atoms with van der Waals surface area (Å²) in [6, 6.07) is 0. The lowest BCUT2D eigenvalue weighted by atomic mass is 9.69. The van der Waals surface area contributed by atoms with Crippen molar-refractivity contribution < 1.29 is 9.53 Å². The van der Waals surface area contributed by atoms with Crippen LogP contribution in [0.3, 0.4) is 0 Å². The molecule has 2 fully saturated rings. The highest BCUT2D eigenvalue weighted by atomic mass is 32.1. The van der Waals surface area contributed by atoms with Gasteiger partial charge in [-0.2, -0.15) is 0 Å². The number of carbonyl (C=O) groups excluding carboxylic acids is 1. The number of methoxy groups -OCH3 is 1. The van der Waals surface area contributed by atoms with Crippen molar-refractivity contribution >= 4 is 17.3 Å². The molecule has 0 spiro atoms. The van der Waals surface area contributed by atoms with E-state index in [-0.39, 0.29) is 5.97 Å². The largest absolute Gasteiger partial charge is 0.468 e. The zero-order chi connectivity index (χ0) is 12.6. The number of esters is 1. The summed E-state index contributed by atoms with van der Waals surface area (Å²) >= 11 is 1.65. The van der Waals surface area contributed by atoms with Crippen molar-refractivity contribution in [3.8, 4) is 0 Å². The van der Waals surface area contributed by atoms with Gasteiger partial charge in [-0.25, -0.2) is 4.98 Å². The lowest BCUT2D eigenvalue weighted by Gasteiger charge is -2.36. The van der Waals surface area contributed by atoms with Crippen molar-refractivity contribution in [3.63, 3.8) is 0 Å². The Morgan fingerprint density at radius 1 is 1.39 bits per heavy atom. The Morgan fingerprint density at radius 2 is 2.11 bits per heavy atom. The molecule has 0 amide bonds. The van der Waals surface area contributed by atoms with Gasteiger partial charge in [0, 0.05) is 11.3 Å². The summed E-state index contributed by atoms with van der Waals surface area (Å²) in [4.78, 5) is 16.8. The van der Waals surface area contributed by atoms with Crippen LogP contribution in [0.15, 0.2) is 5.38 Å². The molecule has 0 unspecified atom stereocenters. The Bertz CT molecular complexity index is 444. The first kappa shape index (κ1) is 12.2. The molecule has 0 radical (unpaired) electrons. The normalized spacial score (nSPS) is 22.7. The van der Waals surface area contributed by atoms with Crippen LogP contribution >= 0.6 is 11.3 Å². The van der Waals surface area contributed by atoms with Crippen LogP contribution in [0.5, 0.6) is 0 Å². The summed E-state index contributed by atoms with van der Waals surface area (Å²) in [6.07, 6.45) is 8.06. The van der Waals surface area contributed by atoms with Gasteiger partial charge in [-0.05, 0) is 25.7 Å². The van der Waals surface area contributed by atoms with E-state index >= 15 is 0 Å². The molecule has 2 saturated carbocycles. The molecule has 18 heavy (non-hydrogen) atoms. The van der Waals surface area contributed by atoms with Crippen LogP contribution < -0.4 is 0 Å². The Hall–Kier alpha value is -0.900. The van der Waals surface area contributed by atoms with Gasteiger partial charge in [0.05, 0.1) is 12.8 Å². The molecule has 0 aromatic carbocycles. The predicted molar refractivity (Wildman–Crippen MR) is 70.9 cm³/mol. The van der Waals surface area contributed by atoms with Crippen molar-refractivity contribution in [2.45, 2.75) is 56.3 Å². The fourth-order valence-corrected chi connectivity index (χ4v) is 4.29. The molecular formula is C14H19NO2S. The molecule has 0 saturated heterocycles. The van der Waals surface area contributed by atoms with Crippen LogP contribution in [0, 0.1) is 0 Å². The van der Waals surface area contributed by atoms with Crippen molar-refractivity contribution in [1.29, 1.82) is 0 Å². The van der Waals surface area contributed by atoms with Crippen LogP contribution in [-0.2, 0) is 14.9 Å². The second-order valence-electron chi connectivity index (χ2n) is 5.49. The zero-order valence-electron chi connectivity index (χ0n) is 10.8. The maximum absolute atomic E-state index is 12.0. The lowest BCUT2D eigenvalue weighted by Crippen LogP contribution is -2.43. The van der Waals surface area contributed by atoms with E-state index in [9.17, 15) is 4.79 Å². The van der Waals surface area contributed by atoms with E-state index in [2.05, 4.69) is 5.38 Å². The fourth-order valence-electron chi connectivity index (χ4n) is 3.15. The lowest BCUT2D eigenvalue weighted by molar-refractivity contribution is -0.151. The molecule has 0 atom stereocenters. The molecule has 3 nitrogen and oxygen atoms in total. The molecule has 0 N–H and O–H groups in total. The van der Waals surface area contributed by atoms with E-state index in [4.69, 9.17) is 9.72 Å². The first-order valence-corrected chi connectivity index (χ1v) is 7.68. The first-order chi connectivity index (χ1) is 8.76. The molecule has 1 heterocycles. The van der Waals surface area contributed by atoms with Crippen LogP contribution in [0.1, 0.15) is 61.6 Å². The minimum Gasteiger partial charge on any atom is -0.468 e. The average molecular weight is 265 g/mol.